The quantitative estimate of drug-likeness (QED) is 0.268. The summed E-state index contributed by atoms with van der Waals surface area (Å²) in [5.41, 5.74) is 1.49. The molecule has 2 fully saturated rings. The zero-order chi connectivity index (χ0) is 24.3. The van der Waals surface area contributed by atoms with Crippen LogP contribution in [0.2, 0.25) is 6.32 Å². The number of hydrogen-bond acceptors (Lipinski definition) is 5. The number of benzene rings is 1. The largest absolute Gasteiger partial charge is 0.465 e. The maximum absolute atomic E-state index is 13.0. The maximum atomic E-state index is 13.0. The van der Waals surface area contributed by atoms with Crippen molar-refractivity contribution < 1.29 is 23.9 Å². The minimum Gasteiger partial charge on any atom is -0.465 e. The van der Waals surface area contributed by atoms with Gasteiger partial charge in [0.05, 0.1) is 14.5 Å². The number of amides is 2. The molecule has 3 aliphatic rings. The van der Waals surface area contributed by atoms with Crippen LogP contribution >= 0.6 is 0 Å². The summed E-state index contributed by atoms with van der Waals surface area (Å²) in [7, 11) is 5.93. The Morgan fingerprint density at radius 1 is 1.26 bits per heavy atom. The van der Waals surface area contributed by atoms with Crippen molar-refractivity contribution in [1.82, 2.24) is 4.90 Å². The standard InChI is InChI=1S/C26H31BN2O5/c1-3-20-13-26(20,24(31)33-4-2)16-28-23(30)22-12-21(11-19(22)14-27)34-25(32)29-10-9-17-7-5-6-8-18(17)15-29/h3,5-8,16,19-22H,1,4,9-15H2,2H3/t19-,20-,21+,22-,26-/m1/s1. The smallest absolute Gasteiger partial charge is 0.410 e. The number of fused-ring (bicyclic) bond motifs is 1. The SMILES string of the molecule is [B]C[C@H]1C[C@H](OC(=O)N2CCc3ccccc3C2)C[C@H]1C(=O)N=C[C@]1(C(=O)OCC)C[C@H]1C=C. The van der Waals surface area contributed by atoms with E-state index in [-0.39, 0.29) is 42.5 Å². The Balaban J connectivity index is 1.36. The van der Waals surface area contributed by atoms with Crippen molar-refractivity contribution in [2.75, 3.05) is 13.2 Å². The molecule has 5 atom stereocenters. The number of carbonyl (C=O) groups is 3. The topological polar surface area (TPSA) is 85.3 Å². The molecule has 1 aliphatic heterocycles. The number of aliphatic imine (C=N–C) groups is 1. The molecule has 1 aromatic rings. The van der Waals surface area contributed by atoms with Crippen molar-refractivity contribution in [1.29, 1.82) is 0 Å². The summed E-state index contributed by atoms with van der Waals surface area (Å²) in [6.07, 6.45) is 4.92. The maximum Gasteiger partial charge on any atom is 0.410 e. The molecule has 2 amide bonds. The first-order chi connectivity index (χ1) is 16.4. The summed E-state index contributed by atoms with van der Waals surface area (Å²) in [6.45, 7) is 6.89. The molecular formula is C26H31BN2O5. The van der Waals surface area contributed by atoms with Gasteiger partial charge in [0.2, 0.25) is 5.91 Å². The van der Waals surface area contributed by atoms with E-state index in [0.717, 1.165) is 12.0 Å². The van der Waals surface area contributed by atoms with E-state index in [9.17, 15) is 14.4 Å². The second-order valence-corrected chi connectivity index (χ2v) is 9.42. The first-order valence-electron chi connectivity index (χ1n) is 12.0. The average Bonchev–Trinajstić information content (AvgIpc) is 3.44. The van der Waals surface area contributed by atoms with Crippen molar-refractivity contribution in [3.63, 3.8) is 0 Å². The zero-order valence-electron chi connectivity index (χ0n) is 19.7. The third-order valence-corrected chi connectivity index (χ3v) is 7.35. The van der Waals surface area contributed by atoms with Gasteiger partial charge in [0.15, 0.2) is 0 Å². The van der Waals surface area contributed by atoms with Gasteiger partial charge in [-0.2, -0.15) is 0 Å². The van der Waals surface area contributed by atoms with Crippen molar-refractivity contribution in [3.8, 4) is 0 Å². The summed E-state index contributed by atoms with van der Waals surface area (Å²) in [6, 6.07) is 8.09. The third kappa shape index (κ3) is 4.81. The van der Waals surface area contributed by atoms with Crippen molar-refractivity contribution in [2.45, 2.75) is 51.6 Å². The van der Waals surface area contributed by atoms with Crippen LogP contribution in [0.15, 0.2) is 41.9 Å². The highest BCUT2D eigenvalue weighted by molar-refractivity contribution is 6.09. The van der Waals surface area contributed by atoms with Gasteiger partial charge in [-0.1, -0.05) is 36.7 Å². The van der Waals surface area contributed by atoms with Crippen LogP contribution in [0.5, 0.6) is 0 Å². The van der Waals surface area contributed by atoms with Gasteiger partial charge < -0.3 is 14.4 Å². The second kappa shape index (κ2) is 10.2. The molecule has 1 aromatic carbocycles. The molecule has 0 aromatic heterocycles. The fourth-order valence-electron chi connectivity index (χ4n) is 5.18. The number of ether oxygens (including phenoxy) is 2. The van der Waals surface area contributed by atoms with Crippen molar-refractivity contribution in [2.24, 2.45) is 28.2 Å². The Morgan fingerprint density at radius 3 is 2.71 bits per heavy atom. The van der Waals surface area contributed by atoms with Gasteiger partial charge in [-0.05, 0) is 55.6 Å². The molecule has 0 unspecified atom stereocenters. The van der Waals surface area contributed by atoms with Gasteiger partial charge in [-0.15, -0.1) is 6.58 Å². The lowest BCUT2D eigenvalue weighted by Crippen LogP contribution is -2.37. The van der Waals surface area contributed by atoms with Crippen LogP contribution in [-0.4, -0.2) is 56.2 Å². The Hall–Kier alpha value is -2.90. The summed E-state index contributed by atoms with van der Waals surface area (Å²) in [5, 5.41) is 0. The van der Waals surface area contributed by atoms with Crippen LogP contribution in [0, 0.1) is 23.2 Å². The molecule has 2 aliphatic carbocycles. The van der Waals surface area contributed by atoms with Gasteiger partial charge in [-0.25, -0.2) is 9.79 Å². The van der Waals surface area contributed by atoms with Crippen LogP contribution < -0.4 is 0 Å². The minimum absolute atomic E-state index is 0.0830. The van der Waals surface area contributed by atoms with Crippen LogP contribution in [0.4, 0.5) is 4.79 Å². The summed E-state index contributed by atoms with van der Waals surface area (Å²) in [4.78, 5) is 44.0. The Labute approximate surface area is 202 Å². The van der Waals surface area contributed by atoms with Gasteiger partial charge in [-0.3, -0.25) is 9.59 Å². The van der Waals surface area contributed by atoms with Gasteiger partial charge in [0.25, 0.3) is 0 Å². The van der Waals surface area contributed by atoms with Gasteiger partial charge in [0, 0.05) is 25.2 Å². The molecule has 8 heteroatoms. The number of nitrogens with zero attached hydrogens (tertiary/aromatic N) is 2. The van der Waals surface area contributed by atoms with Crippen LogP contribution in [0.25, 0.3) is 0 Å². The Kier molecular flexibility index (Phi) is 7.24. The lowest BCUT2D eigenvalue weighted by Gasteiger charge is -2.29. The van der Waals surface area contributed by atoms with E-state index in [1.165, 1.54) is 11.8 Å². The number of hydrogen-bond donors (Lipinski definition) is 0. The molecule has 2 saturated carbocycles. The normalized spacial score (nSPS) is 30.0. The third-order valence-electron chi connectivity index (χ3n) is 7.35. The highest BCUT2D eigenvalue weighted by Crippen LogP contribution is 2.53. The fourth-order valence-corrected chi connectivity index (χ4v) is 5.18. The molecule has 4 rings (SSSR count). The molecule has 0 saturated heterocycles. The van der Waals surface area contributed by atoms with E-state index in [1.807, 2.05) is 18.2 Å². The highest BCUT2D eigenvalue weighted by Gasteiger charge is 2.59. The molecule has 2 radical (unpaired) electrons. The molecular weight excluding hydrogens is 431 g/mol. The zero-order valence-corrected chi connectivity index (χ0v) is 19.7. The van der Waals surface area contributed by atoms with Crippen molar-refractivity contribution in [3.05, 3.63) is 48.0 Å². The molecule has 34 heavy (non-hydrogen) atoms. The fraction of sp³-hybridized carbons (Fsp3) is 0.538. The van der Waals surface area contributed by atoms with E-state index in [0.29, 0.717) is 38.7 Å². The monoisotopic (exact) mass is 462 g/mol. The lowest BCUT2D eigenvalue weighted by molar-refractivity contribution is -0.147. The first-order valence-corrected chi connectivity index (χ1v) is 12.0. The van der Waals surface area contributed by atoms with Gasteiger partial charge >= 0.3 is 12.1 Å². The van der Waals surface area contributed by atoms with Crippen LogP contribution in [-0.2, 0) is 32.0 Å². The van der Waals surface area contributed by atoms with Crippen molar-refractivity contribution >= 4 is 32.0 Å². The van der Waals surface area contributed by atoms with Crippen LogP contribution in [0.1, 0.15) is 37.3 Å². The first kappa shape index (κ1) is 24.2. The van der Waals surface area contributed by atoms with E-state index >= 15 is 0 Å². The predicted molar refractivity (Wildman–Crippen MR) is 128 cm³/mol. The molecule has 1 heterocycles. The number of allylic oxidation sites excluding steroid dienone is 1. The summed E-state index contributed by atoms with van der Waals surface area (Å²) in [5.74, 6) is -1.37. The molecule has 178 valence electrons. The average molecular weight is 462 g/mol. The summed E-state index contributed by atoms with van der Waals surface area (Å²) < 4.78 is 11.0. The van der Waals surface area contributed by atoms with E-state index in [1.54, 1.807) is 17.9 Å². The molecule has 0 bridgehead atoms. The number of carbonyl (C=O) groups excluding carboxylic acids is 3. The summed E-state index contributed by atoms with van der Waals surface area (Å²) >= 11 is 0. The highest BCUT2D eigenvalue weighted by atomic mass is 16.6. The predicted octanol–water partition coefficient (Wildman–Crippen LogP) is 3.52. The Morgan fingerprint density at radius 2 is 2.03 bits per heavy atom. The van der Waals surface area contributed by atoms with Crippen LogP contribution in [0.3, 0.4) is 0 Å². The number of rotatable bonds is 7. The number of esters is 1. The molecule has 7 nitrogen and oxygen atoms in total. The molecule has 0 N–H and O–H groups in total. The van der Waals surface area contributed by atoms with E-state index in [2.05, 4.69) is 17.6 Å². The van der Waals surface area contributed by atoms with Gasteiger partial charge in [0.1, 0.15) is 11.5 Å². The second-order valence-electron chi connectivity index (χ2n) is 9.42. The molecule has 0 spiro atoms. The van der Waals surface area contributed by atoms with E-state index in [4.69, 9.17) is 17.3 Å². The Bertz CT molecular complexity index is 995. The lowest BCUT2D eigenvalue weighted by atomic mass is 9.83. The van der Waals surface area contributed by atoms with E-state index < -0.39 is 11.3 Å². The minimum atomic E-state index is -0.902.